The highest BCUT2D eigenvalue weighted by atomic mass is 32.2. The number of ether oxygens (including phenoxy) is 2. The topological polar surface area (TPSA) is 72.8 Å². The van der Waals surface area contributed by atoms with Gasteiger partial charge in [-0.1, -0.05) is 85.9 Å². The molecule has 2 aliphatic carbocycles. The van der Waals surface area contributed by atoms with Gasteiger partial charge in [0, 0.05) is 5.30 Å². The molecule has 0 heterocycles. The van der Waals surface area contributed by atoms with E-state index in [0.29, 0.717) is 36.0 Å². The van der Waals surface area contributed by atoms with Gasteiger partial charge in [0.05, 0.1) is 18.8 Å². The zero-order chi connectivity index (χ0) is 26.3. The lowest BCUT2D eigenvalue weighted by molar-refractivity contribution is 0.304. The maximum absolute atomic E-state index is 12.9. The molecule has 0 amide bonds. The van der Waals surface area contributed by atoms with Crippen LogP contribution in [0.1, 0.15) is 98.3 Å². The molecule has 212 valence electrons. The molecule has 0 unspecified atom stereocenters. The van der Waals surface area contributed by atoms with E-state index < -0.39 is 18.0 Å². The van der Waals surface area contributed by atoms with E-state index in [1.54, 1.807) is 12.1 Å². The Morgan fingerprint density at radius 2 is 1.26 bits per heavy atom. The fourth-order valence-corrected chi connectivity index (χ4v) is 11.3. The summed E-state index contributed by atoms with van der Waals surface area (Å²) in [6.07, 6.45) is 13.6. The quantitative estimate of drug-likeness (QED) is 0.219. The number of hydrogen-bond donors (Lipinski definition) is 1. The van der Waals surface area contributed by atoms with Crippen molar-refractivity contribution in [2.75, 3.05) is 13.2 Å². The third-order valence-electron chi connectivity index (χ3n) is 7.65. The summed E-state index contributed by atoms with van der Waals surface area (Å²) in [6.45, 7) is 5.29. The Labute approximate surface area is 232 Å². The summed E-state index contributed by atoms with van der Waals surface area (Å²) in [5.74, 6) is 1.43. The largest absolute Gasteiger partial charge is 0.493 e. The van der Waals surface area contributed by atoms with Crippen molar-refractivity contribution < 1.29 is 22.4 Å². The molecule has 2 aromatic carbocycles. The molecule has 0 spiro atoms. The van der Waals surface area contributed by atoms with Gasteiger partial charge in [-0.05, 0) is 73.6 Å². The van der Waals surface area contributed by atoms with E-state index >= 15 is 0 Å². The molecule has 0 bridgehead atoms. The van der Waals surface area contributed by atoms with Gasteiger partial charge in [-0.2, -0.15) is 8.42 Å². The fraction of sp³-hybridized carbons (Fsp3) is 0.613. The van der Waals surface area contributed by atoms with Crippen LogP contribution in [0.2, 0.25) is 0 Å². The van der Waals surface area contributed by atoms with Crippen LogP contribution in [-0.4, -0.2) is 37.5 Å². The first kappa shape index (κ1) is 30.9. The summed E-state index contributed by atoms with van der Waals surface area (Å²) in [5.41, 5.74) is 2.62. The molecule has 0 saturated heterocycles. The average Bonchev–Trinajstić information content (AvgIpc) is 2.91. The van der Waals surface area contributed by atoms with Crippen LogP contribution in [0.3, 0.4) is 0 Å². The summed E-state index contributed by atoms with van der Waals surface area (Å²) in [5, 5.41) is 0.840. The first-order chi connectivity index (χ1) is 18.0. The third-order valence-corrected chi connectivity index (χ3v) is 12.3. The molecule has 1 N–H and O–H groups in total. The predicted octanol–water partition coefficient (Wildman–Crippen LogP) is 8.59. The monoisotopic (exact) mass is 562 g/mol. The van der Waals surface area contributed by atoms with Gasteiger partial charge in [-0.15, -0.1) is 0 Å². The Kier molecular flexibility index (Phi) is 11.9. The van der Waals surface area contributed by atoms with Crippen LogP contribution in [-0.2, 0) is 10.1 Å². The highest BCUT2D eigenvalue weighted by Crippen LogP contribution is 2.58. The minimum absolute atomic E-state index is 0. The Morgan fingerprint density at radius 1 is 0.789 bits per heavy atom. The van der Waals surface area contributed by atoms with Crippen LogP contribution in [0.25, 0.3) is 11.1 Å². The molecule has 4 rings (SSSR count). The number of benzene rings is 2. The zero-order valence-electron chi connectivity index (χ0n) is 22.5. The summed E-state index contributed by atoms with van der Waals surface area (Å²) in [4.78, 5) is 0.0824. The van der Waals surface area contributed by atoms with E-state index in [-0.39, 0.29) is 12.3 Å². The fourth-order valence-electron chi connectivity index (χ4n) is 6.02. The first-order valence-corrected chi connectivity index (χ1v) is 17.2. The summed E-state index contributed by atoms with van der Waals surface area (Å²) < 4.78 is 48.8. The zero-order valence-corrected chi connectivity index (χ0v) is 24.2. The van der Waals surface area contributed by atoms with Gasteiger partial charge in [-0.3, -0.25) is 4.55 Å². The van der Waals surface area contributed by atoms with Crippen LogP contribution < -0.4 is 14.8 Å². The van der Waals surface area contributed by atoms with Crippen LogP contribution in [0.4, 0.5) is 0 Å². The van der Waals surface area contributed by atoms with Gasteiger partial charge < -0.3 is 9.47 Å². The Morgan fingerprint density at radius 3 is 1.71 bits per heavy atom. The van der Waals surface area contributed by atoms with Crippen LogP contribution >= 0.6 is 7.92 Å². The molecule has 2 saturated carbocycles. The first-order valence-electron chi connectivity index (χ1n) is 14.2. The molecule has 38 heavy (non-hydrogen) atoms. The molecule has 0 aliphatic heterocycles. The number of rotatable bonds is 11. The van der Waals surface area contributed by atoms with Gasteiger partial charge in [0.1, 0.15) is 16.4 Å². The summed E-state index contributed by atoms with van der Waals surface area (Å²) in [6, 6.07) is 11.2. The molecule has 2 aromatic rings. The van der Waals surface area contributed by atoms with Crippen molar-refractivity contribution in [1.82, 2.24) is 0 Å². The van der Waals surface area contributed by atoms with E-state index in [9.17, 15) is 13.0 Å². The van der Waals surface area contributed by atoms with Crippen molar-refractivity contribution in [3.8, 4) is 22.6 Å². The lowest BCUT2D eigenvalue weighted by atomic mass is 9.99. The summed E-state index contributed by atoms with van der Waals surface area (Å²) in [7, 11) is -5.23. The van der Waals surface area contributed by atoms with E-state index in [1.807, 2.05) is 24.3 Å². The second-order valence-corrected chi connectivity index (χ2v) is 14.6. The molecule has 2 aliphatic rings. The number of hydrogen-bond acceptors (Lipinski definition) is 4. The lowest BCUT2D eigenvalue weighted by Crippen LogP contribution is -2.30. The van der Waals surface area contributed by atoms with E-state index in [4.69, 9.17) is 9.47 Å². The van der Waals surface area contributed by atoms with Crippen LogP contribution in [0.5, 0.6) is 11.5 Å². The highest BCUT2D eigenvalue weighted by molar-refractivity contribution is 7.87. The minimum Gasteiger partial charge on any atom is -0.493 e. The average molecular weight is 563 g/mol. The van der Waals surface area contributed by atoms with Gasteiger partial charge in [-0.25, -0.2) is 0 Å². The molecule has 0 aromatic heterocycles. The smallest absolute Gasteiger partial charge is 0.295 e. The van der Waals surface area contributed by atoms with Crippen molar-refractivity contribution in [3.63, 3.8) is 0 Å². The molecular weight excluding hydrogens is 515 g/mol. The maximum Gasteiger partial charge on any atom is 0.295 e. The Hall–Kier alpha value is -1.62. The highest BCUT2D eigenvalue weighted by Gasteiger charge is 2.38. The van der Waals surface area contributed by atoms with Crippen molar-refractivity contribution in [1.29, 1.82) is 0 Å². The standard InChI is InChI=1S/C30H43O5PS.CH4/c1-3-21-34-26-18-12-19-27(35-22-4-2)29(26)25-17-11-20-28(37(31,32)33)30(25)36(23-13-7-5-8-14-23)24-15-9-6-10-16-24;/h11-12,17-20,23-24H,3-10,13-16,21-22H2,1-2H3,(H,31,32,33);1H4. The molecule has 2 fully saturated rings. The van der Waals surface area contributed by atoms with Crippen molar-refractivity contribution in [2.24, 2.45) is 0 Å². The van der Waals surface area contributed by atoms with Crippen molar-refractivity contribution in [3.05, 3.63) is 36.4 Å². The maximum atomic E-state index is 12.9. The van der Waals surface area contributed by atoms with Crippen LogP contribution in [0.15, 0.2) is 41.3 Å². The minimum atomic E-state index is -4.41. The molecule has 0 atom stereocenters. The lowest BCUT2D eigenvalue weighted by Gasteiger charge is -2.40. The van der Waals surface area contributed by atoms with Crippen LogP contribution in [0, 0.1) is 0 Å². The van der Waals surface area contributed by atoms with E-state index in [1.165, 1.54) is 38.5 Å². The molecular formula is C31H47O5PS. The predicted molar refractivity (Wildman–Crippen MR) is 160 cm³/mol. The third kappa shape index (κ3) is 7.31. The Bertz CT molecular complexity index is 1080. The Balaban J connectivity index is 0.00000400. The van der Waals surface area contributed by atoms with E-state index in [2.05, 4.69) is 13.8 Å². The van der Waals surface area contributed by atoms with Crippen molar-refractivity contribution in [2.45, 2.75) is 115 Å². The van der Waals surface area contributed by atoms with Gasteiger partial charge in [0.15, 0.2) is 0 Å². The van der Waals surface area contributed by atoms with Gasteiger partial charge in [0.25, 0.3) is 10.1 Å². The second kappa shape index (κ2) is 14.7. The van der Waals surface area contributed by atoms with Gasteiger partial charge in [0.2, 0.25) is 0 Å². The normalized spacial score (nSPS) is 17.3. The van der Waals surface area contributed by atoms with Crippen molar-refractivity contribution >= 4 is 23.3 Å². The molecule has 7 heteroatoms. The SMILES string of the molecule is C.CCCOc1cccc(OCCC)c1-c1cccc(S(=O)(=O)O)c1P(C1CCCCC1)C1CCCCC1. The van der Waals surface area contributed by atoms with E-state index in [0.717, 1.165) is 55.0 Å². The second-order valence-electron chi connectivity index (χ2n) is 10.4. The van der Waals surface area contributed by atoms with Gasteiger partial charge >= 0.3 is 0 Å². The summed E-state index contributed by atoms with van der Waals surface area (Å²) >= 11 is 0. The molecule has 5 nitrogen and oxygen atoms in total. The molecule has 0 radical (unpaired) electrons.